The number of rotatable bonds is 6. The van der Waals surface area contributed by atoms with E-state index in [1.165, 1.54) is 0 Å². The average molecular weight is 189 g/mol. The van der Waals surface area contributed by atoms with Crippen LogP contribution >= 0.6 is 0 Å². The summed E-state index contributed by atoms with van der Waals surface area (Å²) in [5.74, 6) is -1.21. The Balaban J connectivity index is 3.66. The summed E-state index contributed by atoms with van der Waals surface area (Å²) in [6, 6.07) is -0.450. The van der Waals surface area contributed by atoms with Crippen molar-refractivity contribution in [2.45, 2.75) is 12.5 Å². The zero-order valence-corrected chi connectivity index (χ0v) is 7.54. The molecule has 0 aromatic carbocycles. The van der Waals surface area contributed by atoms with Crippen LogP contribution in [-0.2, 0) is 9.59 Å². The Morgan fingerprint density at radius 1 is 1.54 bits per heavy atom. The molecule has 0 unspecified atom stereocenters. The van der Waals surface area contributed by atoms with Crippen LogP contribution in [0.15, 0.2) is 0 Å². The van der Waals surface area contributed by atoms with Crippen molar-refractivity contribution in [3.05, 3.63) is 0 Å². The van der Waals surface area contributed by atoms with Crippen molar-refractivity contribution in [3.8, 4) is 0 Å². The van der Waals surface area contributed by atoms with Gasteiger partial charge >= 0.3 is 5.97 Å². The number of hydrogen-bond donors (Lipinski definition) is 4. The number of aliphatic carboxylic acids is 1. The maximum absolute atomic E-state index is 11.1. The predicted molar refractivity (Wildman–Crippen MR) is 47.2 cm³/mol. The van der Waals surface area contributed by atoms with E-state index >= 15 is 0 Å². The van der Waals surface area contributed by atoms with Crippen molar-refractivity contribution in [3.63, 3.8) is 0 Å². The topological polar surface area (TPSA) is 104 Å². The lowest BCUT2D eigenvalue weighted by Crippen LogP contribution is -2.47. The van der Waals surface area contributed by atoms with Crippen molar-refractivity contribution < 1.29 is 14.7 Å². The van der Waals surface area contributed by atoms with Gasteiger partial charge < -0.3 is 21.5 Å². The predicted octanol–water partition coefficient (Wildman–Crippen LogP) is -1.88. The van der Waals surface area contributed by atoms with Crippen LogP contribution in [-0.4, -0.2) is 43.2 Å². The first-order chi connectivity index (χ1) is 6.11. The summed E-state index contributed by atoms with van der Waals surface area (Å²) >= 11 is 0. The fourth-order valence-electron chi connectivity index (χ4n) is 0.772. The molecule has 0 aliphatic rings. The molecular weight excluding hydrogens is 174 g/mol. The Labute approximate surface area is 76.5 Å². The molecule has 6 heteroatoms. The zero-order chi connectivity index (χ0) is 10.3. The van der Waals surface area contributed by atoms with E-state index in [4.69, 9.17) is 10.8 Å². The summed E-state index contributed by atoms with van der Waals surface area (Å²) in [4.78, 5) is 21.2. The number of amides is 1. The van der Waals surface area contributed by atoms with E-state index in [0.29, 0.717) is 0 Å². The van der Waals surface area contributed by atoms with Gasteiger partial charge in [-0.3, -0.25) is 9.59 Å². The van der Waals surface area contributed by atoms with Gasteiger partial charge in [0.15, 0.2) is 0 Å². The number of carbonyl (C=O) groups is 2. The van der Waals surface area contributed by atoms with E-state index in [0.717, 1.165) is 0 Å². The summed E-state index contributed by atoms with van der Waals surface area (Å²) in [5, 5.41) is 13.4. The van der Waals surface area contributed by atoms with Crippen LogP contribution in [0, 0.1) is 0 Å². The molecule has 1 atom stereocenters. The molecule has 6 nitrogen and oxygen atoms in total. The number of carboxylic acid groups (broad SMARTS) is 1. The van der Waals surface area contributed by atoms with Gasteiger partial charge in [0.25, 0.3) is 0 Å². The van der Waals surface area contributed by atoms with Gasteiger partial charge in [-0.05, 0) is 7.05 Å². The van der Waals surface area contributed by atoms with Crippen molar-refractivity contribution >= 4 is 11.9 Å². The van der Waals surface area contributed by atoms with E-state index < -0.39 is 12.0 Å². The molecule has 0 aliphatic carbocycles. The highest BCUT2D eigenvalue weighted by Gasteiger charge is 2.13. The number of nitrogens with two attached hydrogens (primary N) is 1. The van der Waals surface area contributed by atoms with E-state index in [2.05, 4.69) is 10.6 Å². The molecule has 0 saturated heterocycles. The van der Waals surface area contributed by atoms with Gasteiger partial charge in [-0.15, -0.1) is 0 Å². The van der Waals surface area contributed by atoms with E-state index in [9.17, 15) is 9.59 Å². The largest absolute Gasteiger partial charge is 0.481 e. The maximum Gasteiger partial charge on any atom is 0.305 e. The fraction of sp³-hybridized carbons (Fsp3) is 0.714. The Morgan fingerprint density at radius 2 is 2.15 bits per heavy atom. The average Bonchev–Trinajstić information content (AvgIpc) is 2.05. The highest BCUT2D eigenvalue weighted by atomic mass is 16.4. The normalized spacial score (nSPS) is 12.2. The summed E-state index contributed by atoms with van der Waals surface area (Å²) < 4.78 is 0. The third-order valence-corrected chi connectivity index (χ3v) is 1.54. The summed E-state index contributed by atoms with van der Waals surface area (Å²) in [6.07, 6.45) is -0.0766. The highest BCUT2D eigenvalue weighted by molar-refractivity contribution is 5.82. The number of carboxylic acids is 1. The molecule has 76 valence electrons. The number of hydrogen-bond acceptors (Lipinski definition) is 4. The Kier molecular flexibility index (Phi) is 5.82. The smallest absolute Gasteiger partial charge is 0.305 e. The molecule has 0 spiro atoms. The van der Waals surface area contributed by atoms with Crippen molar-refractivity contribution in [1.29, 1.82) is 0 Å². The highest BCUT2D eigenvalue weighted by Crippen LogP contribution is 1.81. The van der Waals surface area contributed by atoms with Crippen molar-refractivity contribution in [2.24, 2.45) is 5.73 Å². The molecule has 0 aromatic rings. The van der Waals surface area contributed by atoms with Gasteiger partial charge in [0, 0.05) is 13.1 Å². The first-order valence-corrected chi connectivity index (χ1v) is 3.98. The van der Waals surface area contributed by atoms with Gasteiger partial charge in [0.2, 0.25) is 5.91 Å². The van der Waals surface area contributed by atoms with Crippen molar-refractivity contribution in [2.75, 3.05) is 20.1 Å². The first kappa shape index (κ1) is 11.9. The zero-order valence-electron chi connectivity index (χ0n) is 7.54. The minimum absolute atomic E-state index is 0.0766. The van der Waals surface area contributed by atoms with Gasteiger partial charge in [0.05, 0.1) is 12.5 Å². The second kappa shape index (κ2) is 6.38. The second-order valence-electron chi connectivity index (χ2n) is 2.51. The van der Waals surface area contributed by atoms with Gasteiger partial charge in [-0.1, -0.05) is 0 Å². The molecule has 0 heterocycles. The molecule has 1 amide bonds. The second-order valence-corrected chi connectivity index (χ2v) is 2.51. The van der Waals surface area contributed by atoms with Gasteiger partial charge in [-0.2, -0.15) is 0 Å². The number of carbonyl (C=O) groups excluding carboxylic acids is 1. The third-order valence-electron chi connectivity index (χ3n) is 1.54. The summed E-state index contributed by atoms with van der Waals surface area (Å²) in [6.45, 7) is 0.321. The minimum atomic E-state index is -0.936. The number of nitrogens with one attached hydrogen (secondary N) is 2. The monoisotopic (exact) mass is 189 g/mol. The van der Waals surface area contributed by atoms with E-state index in [1.54, 1.807) is 7.05 Å². The third kappa shape index (κ3) is 5.15. The van der Waals surface area contributed by atoms with Crippen LogP contribution in [0.3, 0.4) is 0 Å². The minimum Gasteiger partial charge on any atom is -0.481 e. The van der Waals surface area contributed by atoms with Crippen LogP contribution in [0.5, 0.6) is 0 Å². The number of likely N-dealkylation sites (N-methyl/N-ethyl adjacent to an activating group) is 1. The molecule has 5 N–H and O–H groups in total. The fourth-order valence-corrected chi connectivity index (χ4v) is 0.772. The molecule has 0 aromatic heterocycles. The van der Waals surface area contributed by atoms with Gasteiger partial charge in [-0.25, -0.2) is 0 Å². The molecule has 13 heavy (non-hydrogen) atoms. The molecule has 0 rings (SSSR count). The molecule has 0 fully saturated rings. The lowest BCUT2D eigenvalue weighted by molar-refractivity contribution is -0.136. The van der Waals surface area contributed by atoms with Gasteiger partial charge in [0.1, 0.15) is 0 Å². The lowest BCUT2D eigenvalue weighted by Gasteiger charge is -2.12. The molecule has 0 radical (unpaired) electrons. The molecule has 0 aliphatic heterocycles. The van der Waals surface area contributed by atoms with Crippen LogP contribution in [0.2, 0.25) is 0 Å². The SMILES string of the molecule is CN[C@H](CN)C(=O)NCCC(=O)O. The quantitative estimate of drug-likeness (QED) is 0.391. The summed E-state index contributed by atoms with van der Waals surface area (Å²) in [5.41, 5.74) is 5.28. The van der Waals surface area contributed by atoms with Crippen molar-refractivity contribution in [1.82, 2.24) is 10.6 Å². The Hall–Kier alpha value is -1.14. The molecule has 0 bridgehead atoms. The van der Waals surface area contributed by atoms with Crippen LogP contribution < -0.4 is 16.4 Å². The Morgan fingerprint density at radius 3 is 2.54 bits per heavy atom. The standard InChI is InChI=1S/C7H15N3O3/c1-9-5(4-8)7(13)10-3-2-6(11)12/h5,9H,2-4,8H2,1H3,(H,10,13)(H,11,12)/t5-/m1/s1. The first-order valence-electron chi connectivity index (χ1n) is 3.98. The van der Waals surface area contributed by atoms with Crippen LogP contribution in [0.25, 0.3) is 0 Å². The molecular formula is C7H15N3O3. The lowest BCUT2D eigenvalue weighted by atomic mass is 10.3. The van der Waals surface area contributed by atoms with Crippen LogP contribution in [0.4, 0.5) is 0 Å². The maximum atomic E-state index is 11.1. The Bertz CT molecular complexity index is 180. The van der Waals surface area contributed by atoms with Crippen LogP contribution in [0.1, 0.15) is 6.42 Å². The molecule has 0 saturated carbocycles. The summed E-state index contributed by atoms with van der Waals surface area (Å²) in [7, 11) is 1.62. The van der Waals surface area contributed by atoms with E-state index in [-0.39, 0.29) is 25.4 Å². The van der Waals surface area contributed by atoms with E-state index in [1.807, 2.05) is 0 Å².